The van der Waals surface area contributed by atoms with Crippen LogP contribution in [0.4, 0.5) is 0 Å². The summed E-state index contributed by atoms with van der Waals surface area (Å²) < 4.78 is 6.82. The van der Waals surface area contributed by atoms with Crippen molar-refractivity contribution >= 4 is 21.5 Å². The Hall–Kier alpha value is -5.92. The zero-order valence-corrected chi connectivity index (χ0v) is 30.2. The molecule has 0 unspecified atom stereocenters. The maximum Gasteiger partial charge on any atom is 0.135 e. The van der Waals surface area contributed by atoms with E-state index in [2.05, 4.69) is 174 Å². The maximum absolute atomic E-state index is 6.82. The van der Waals surface area contributed by atoms with Crippen molar-refractivity contribution in [3.63, 3.8) is 0 Å². The van der Waals surface area contributed by atoms with E-state index in [0.717, 1.165) is 17.1 Å². The largest absolute Gasteiger partial charge is 0.456 e. The highest BCUT2D eigenvalue weighted by atomic mass is 16.5. The summed E-state index contributed by atoms with van der Waals surface area (Å²) in [5.74, 6) is 1.84. The molecule has 1 heteroatoms. The van der Waals surface area contributed by atoms with Gasteiger partial charge >= 0.3 is 0 Å². The van der Waals surface area contributed by atoms with Crippen LogP contribution in [0.15, 0.2) is 140 Å². The minimum absolute atomic E-state index is 0.0313. The zero-order chi connectivity index (χ0) is 35.1. The van der Waals surface area contributed by atoms with E-state index in [1.807, 2.05) is 0 Å². The van der Waals surface area contributed by atoms with Gasteiger partial charge in [-0.1, -0.05) is 131 Å². The molecule has 0 amide bonds. The lowest BCUT2D eigenvalue weighted by atomic mass is 9.81. The highest BCUT2D eigenvalue weighted by Crippen LogP contribution is 2.54. The van der Waals surface area contributed by atoms with Crippen LogP contribution < -0.4 is 4.74 Å². The molecule has 8 aromatic rings. The second kappa shape index (κ2) is 10.1. The number of hydrogen-bond acceptors (Lipinski definition) is 1. The van der Waals surface area contributed by atoms with Crippen molar-refractivity contribution in [3.05, 3.63) is 167 Å². The molecule has 0 fully saturated rings. The molecule has 11 rings (SSSR count). The second-order valence-corrected chi connectivity index (χ2v) is 16.1. The molecule has 0 N–H and O–H groups in total. The highest BCUT2D eigenvalue weighted by Gasteiger charge is 2.36. The fourth-order valence-corrected chi connectivity index (χ4v) is 9.91. The molecule has 248 valence electrons. The average Bonchev–Trinajstić information content (AvgIpc) is 3.54. The third kappa shape index (κ3) is 3.83. The number of benzene rings is 8. The van der Waals surface area contributed by atoms with E-state index in [0.29, 0.717) is 0 Å². The lowest BCUT2D eigenvalue weighted by molar-refractivity contribution is 0.487. The molecule has 0 spiro atoms. The van der Waals surface area contributed by atoms with Crippen LogP contribution in [0.5, 0.6) is 11.5 Å². The number of fused-ring (bicyclic) bond motifs is 10. The summed E-state index contributed by atoms with van der Waals surface area (Å²) in [4.78, 5) is 0. The summed E-state index contributed by atoms with van der Waals surface area (Å²) in [6.07, 6.45) is 0. The van der Waals surface area contributed by atoms with E-state index in [-0.39, 0.29) is 10.8 Å². The van der Waals surface area contributed by atoms with E-state index in [1.165, 1.54) is 99.4 Å². The van der Waals surface area contributed by atoms with Gasteiger partial charge in [-0.3, -0.25) is 0 Å². The first-order valence-electron chi connectivity index (χ1n) is 18.5. The van der Waals surface area contributed by atoms with Gasteiger partial charge in [0.25, 0.3) is 0 Å². The lowest BCUT2D eigenvalue weighted by Gasteiger charge is -2.26. The summed E-state index contributed by atoms with van der Waals surface area (Å²) in [7, 11) is 0. The van der Waals surface area contributed by atoms with Crippen molar-refractivity contribution in [2.75, 3.05) is 0 Å². The molecule has 0 saturated heterocycles. The summed E-state index contributed by atoms with van der Waals surface area (Å²) >= 11 is 0. The van der Waals surface area contributed by atoms with Gasteiger partial charge < -0.3 is 4.74 Å². The second-order valence-electron chi connectivity index (χ2n) is 16.1. The molecule has 0 radical (unpaired) electrons. The number of hydrogen-bond donors (Lipinski definition) is 0. The Bertz CT molecular complexity index is 2880. The molecular formula is C51H38O. The Balaban J connectivity index is 1.03. The van der Waals surface area contributed by atoms with Crippen LogP contribution in [0.3, 0.4) is 0 Å². The van der Waals surface area contributed by atoms with Crippen LogP contribution in [-0.2, 0) is 10.8 Å². The monoisotopic (exact) mass is 666 g/mol. The van der Waals surface area contributed by atoms with Crippen molar-refractivity contribution in [2.24, 2.45) is 0 Å². The standard InChI is InChI=1S/C51H38O/c1-29-34-21-17-30(31-18-22-37-35-11-6-8-14-42(35)50(2,3)44(37)26-31)25-41(34)39-13-10-16-46-49(39)48(29)40-24-20-33(28-47(40)52-46)32-19-23-38-36-12-7-9-15-43(36)51(4,5)45(38)27-32/h6-28H,1-5H3. The van der Waals surface area contributed by atoms with Gasteiger partial charge in [0, 0.05) is 27.3 Å². The van der Waals surface area contributed by atoms with Crippen LogP contribution in [0.25, 0.3) is 77.2 Å². The van der Waals surface area contributed by atoms with Crippen LogP contribution in [0.1, 0.15) is 55.5 Å². The van der Waals surface area contributed by atoms with Crippen molar-refractivity contribution in [1.29, 1.82) is 0 Å². The topological polar surface area (TPSA) is 9.23 Å². The van der Waals surface area contributed by atoms with Gasteiger partial charge in [0.05, 0.1) is 0 Å². The van der Waals surface area contributed by atoms with Gasteiger partial charge in [-0.05, 0) is 132 Å². The molecule has 1 heterocycles. The van der Waals surface area contributed by atoms with Gasteiger partial charge in [0.2, 0.25) is 0 Å². The fraction of sp³-hybridized carbons (Fsp3) is 0.137. The van der Waals surface area contributed by atoms with Gasteiger partial charge in [-0.15, -0.1) is 0 Å². The normalized spacial score (nSPS) is 15.1. The Morgan fingerprint density at radius 1 is 0.385 bits per heavy atom. The minimum Gasteiger partial charge on any atom is -0.456 e. The van der Waals surface area contributed by atoms with Crippen LogP contribution >= 0.6 is 0 Å². The van der Waals surface area contributed by atoms with E-state index in [9.17, 15) is 0 Å². The molecule has 0 aromatic heterocycles. The molecule has 0 saturated carbocycles. The van der Waals surface area contributed by atoms with E-state index < -0.39 is 0 Å². The van der Waals surface area contributed by atoms with E-state index in [1.54, 1.807) is 0 Å². The Kier molecular flexibility index (Phi) is 5.79. The van der Waals surface area contributed by atoms with E-state index >= 15 is 0 Å². The Morgan fingerprint density at radius 3 is 1.54 bits per heavy atom. The first-order valence-corrected chi connectivity index (χ1v) is 18.5. The third-order valence-electron chi connectivity index (χ3n) is 12.7. The summed E-state index contributed by atoms with van der Waals surface area (Å²) in [5.41, 5.74) is 19.6. The summed E-state index contributed by atoms with van der Waals surface area (Å²) in [6, 6.07) is 52.1. The summed E-state index contributed by atoms with van der Waals surface area (Å²) in [6.45, 7) is 11.7. The molecule has 2 aliphatic carbocycles. The quantitative estimate of drug-likeness (QED) is 0.167. The molecule has 8 aromatic carbocycles. The Labute approximate surface area is 305 Å². The Morgan fingerprint density at radius 2 is 0.904 bits per heavy atom. The van der Waals surface area contributed by atoms with Crippen LogP contribution in [0.2, 0.25) is 0 Å². The number of aryl methyl sites for hydroxylation is 1. The smallest absolute Gasteiger partial charge is 0.135 e. The zero-order valence-electron chi connectivity index (χ0n) is 30.2. The fourth-order valence-electron chi connectivity index (χ4n) is 9.91. The predicted octanol–water partition coefficient (Wildman–Crippen LogP) is 14.0. The first-order chi connectivity index (χ1) is 25.2. The first kappa shape index (κ1) is 29.8. The number of rotatable bonds is 2. The third-order valence-corrected chi connectivity index (χ3v) is 12.7. The predicted molar refractivity (Wildman–Crippen MR) is 218 cm³/mol. The van der Waals surface area contributed by atoms with Gasteiger partial charge in [-0.2, -0.15) is 0 Å². The molecule has 1 aliphatic heterocycles. The van der Waals surface area contributed by atoms with Gasteiger partial charge in [0.1, 0.15) is 11.5 Å². The van der Waals surface area contributed by atoms with E-state index in [4.69, 9.17) is 4.74 Å². The van der Waals surface area contributed by atoms with Crippen LogP contribution in [0, 0.1) is 6.92 Å². The van der Waals surface area contributed by atoms with Crippen molar-refractivity contribution in [3.8, 4) is 67.1 Å². The maximum atomic E-state index is 6.82. The molecule has 1 nitrogen and oxygen atoms in total. The SMILES string of the molecule is Cc1c2c3c(cccc3c3cc(-c4ccc5c(c4)C(C)(C)c4ccccc4-5)ccc13)Oc1cc(-c3ccc4c(c3)C(C)(C)c3ccccc3-4)ccc1-2. The summed E-state index contributed by atoms with van der Waals surface area (Å²) in [5, 5.41) is 4.99. The molecular weight excluding hydrogens is 629 g/mol. The molecule has 3 aliphatic rings. The average molecular weight is 667 g/mol. The van der Waals surface area contributed by atoms with Crippen molar-refractivity contribution in [1.82, 2.24) is 0 Å². The molecule has 0 bridgehead atoms. The molecule has 52 heavy (non-hydrogen) atoms. The minimum atomic E-state index is -0.0394. The lowest BCUT2D eigenvalue weighted by Crippen LogP contribution is -2.14. The van der Waals surface area contributed by atoms with Gasteiger partial charge in [-0.25, -0.2) is 0 Å². The van der Waals surface area contributed by atoms with Crippen molar-refractivity contribution in [2.45, 2.75) is 45.4 Å². The number of ether oxygens (including phenoxy) is 1. The highest BCUT2D eigenvalue weighted by molar-refractivity contribution is 6.19. The molecule has 0 atom stereocenters. The van der Waals surface area contributed by atoms with Gasteiger partial charge in [0.15, 0.2) is 0 Å². The van der Waals surface area contributed by atoms with Crippen LogP contribution in [-0.4, -0.2) is 0 Å². The van der Waals surface area contributed by atoms with Crippen molar-refractivity contribution < 1.29 is 4.74 Å².